The van der Waals surface area contributed by atoms with Gasteiger partial charge in [0.25, 0.3) is 5.91 Å². The number of nitrogens with zero attached hydrogens (tertiary/aromatic N) is 1. The molecular formula is C18H25BrN2O6S. The average molecular weight is 477 g/mol. The second kappa shape index (κ2) is 9.64. The maximum absolute atomic E-state index is 13.0. The quantitative estimate of drug-likeness (QED) is 0.600. The van der Waals surface area contributed by atoms with E-state index < -0.39 is 10.0 Å². The molecular weight excluding hydrogens is 452 g/mol. The van der Waals surface area contributed by atoms with Gasteiger partial charge in [-0.05, 0) is 47.0 Å². The molecule has 0 aliphatic carbocycles. The summed E-state index contributed by atoms with van der Waals surface area (Å²) >= 11 is 3.37. The first-order valence-corrected chi connectivity index (χ1v) is 11.5. The van der Waals surface area contributed by atoms with Crippen LogP contribution >= 0.6 is 15.9 Å². The highest BCUT2D eigenvalue weighted by Crippen LogP contribution is 2.28. The monoisotopic (exact) mass is 476 g/mol. The van der Waals surface area contributed by atoms with Gasteiger partial charge >= 0.3 is 0 Å². The summed E-state index contributed by atoms with van der Waals surface area (Å²) in [5, 5.41) is 0. The lowest BCUT2D eigenvalue weighted by molar-refractivity contribution is -0.0956. The Kier molecular flexibility index (Phi) is 7.46. The fourth-order valence-corrected chi connectivity index (χ4v) is 4.85. The van der Waals surface area contributed by atoms with Crippen LogP contribution in [0.5, 0.6) is 0 Å². The Morgan fingerprint density at radius 2 is 1.96 bits per heavy atom. The maximum Gasteiger partial charge on any atom is 0.255 e. The average Bonchev–Trinajstić information content (AvgIpc) is 3.23. The number of rotatable bonds is 7. The van der Waals surface area contributed by atoms with E-state index in [4.69, 9.17) is 14.2 Å². The topological polar surface area (TPSA) is 94.2 Å². The predicted molar refractivity (Wildman–Crippen MR) is 106 cm³/mol. The number of hydrogen-bond donors (Lipinski definition) is 1. The van der Waals surface area contributed by atoms with Gasteiger partial charge in [-0.3, -0.25) is 4.79 Å². The predicted octanol–water partition coefficient (Wildman–Crippen LogP) is 1.60. The van der Waals surface area contributed by atoms with E-state index in [2.05, 4.69) is 20.7 Å². The van der Waals surface area contributed by atoms with Crippen molar-refractivity contribution in [1.29, 1.82) is 0 Å². The van der Waals surface area contributed by atoms with Gasteiger partial charge in [-0.2, -0.15) is 0 Å². The van der Waals surface area contributed by atoms with Crippen LogP contribution in [0.4, 0.5) is 0 Å². The molecule has 3 rings (SSSR count). The fourth-order valence-electron chi connectivity index (χ4n) is 3.39. The van der Waals surface area contributed by atoms with Crippen molar-refractivity contribution in [3.8, 4) is 0 Å². The number of piperidine rings is 1. The molecule has 2 saturated heterocycles. The minimum Gasteiger partial charge on any atom is -0.383 e. The van der Waals surface area contributed by atoms with E-state index in [1.807, 2.05) is 0 Å². The molecule has 10 heteroatoms. The standard InChI is InChI=1S/C18H25BrN2O6S/c1-25-9-6-20-28(23,24)14-2-3-16(19)15(12-14)17(22)21-7-4-13(5-8-21)18-26-10-11-27-18/h2-3,12-13,18,20H,4-11H2,1H3. The highest BCUT2D eigenvalue weighted by Gasteiger charge is 2.32. The highest BCUT2D eigenvalue weighted by molar-refractivity contribution is 9.10. The highest BCUT2D eigenvalue weighted by atomic mass is 79.9. The lowest BCUT2D eigenvalue weighted by Gasteiger charge is -2.34. The number of halogens is 1. The van der Waals surface area contributed by atoms with Crippen LogP contribution in [0.25, 0.3) is 0 Å². The third-order valence-corrected chi connectivity index (χ3v) is 7.09. The Bertz CT molecular complexity index is 789. The van der Waals surface area contributed by atoms with Crippen molar-refractivity contribution in [2.75, 3.05) is 46.6 Å². The van der Waals surface area contributed by atoms with Crippen molar-refractivity contribution in [1.82, 2.24) is 9.62 Å². The lowest BCUT2D eigenvalue weighted by Crippen LogP contribution is -2.41. The van der Waals surface area contributed by atoms with Gasteiger partial charge in [0.15, 0.2) is 6.29 Å². The number of nitrogens with one attached hydrogen (secondary N) is 1. The molecule has 0 bridgehead atoms. The molecule has 1 aromatic carbocycles. The molecule has 0 unspecified atom stereocenters. The molecule has 2 fully saturated rings. The molecule has 1 N–H and O–H groups in total. The minimum absolute atomic E-state index is 0.0535. The number of hydrogen-bond acceptors (Lipinski definition) is 6. The normalized spacial score (nSPS) is 19.3. The van der Waals surface area contributed by atoms with E-state index >= 15 is 0 Å². The van der Waals surface area contributed by atoms with E-state index in [1.54, 1.807) is 11.0 Å². The zero-order valence-corrected chi connectivity index (χ0v) is 18.1. The molecule has 0 atom stereocenters. The van der Waals surface area contributed by atoms with Crippen molar-refractivity contribution in [2.45, 2.75) is 24.0 Å². The first-order valence-electron chi connectivity index (χ1n) is 9.23. The number of sulfonamides is 1. The van der Waals surface area contributed by atoms with Crippen molar-refractivity contribution in [3.63, 3.8) is 0 Å². The Labute approximate surface area is 173 Å². The van der Waals surface area contributed by atoms with Crippen molar-refractivity contribution in [2.24, 2.45) is 5.92 Å². The van der Waals surface area contributed by atoms with Crippen molar-refractivity contribution >= 4 is 31.9 Å². The third kappa shape index (κ3) is 5.11. The van der Waals surface area contributed by atoms with Crippen molar-refractivity contribution in [3.05, 3.63) is 28.2 Å². The largest absolute Gasteiger partial charge is 0.383 e. The number of carbonyl (C=O) groups is 1. The molecule has 28 heavy (non-hydrogen) atoms. The molecule has 2 aliphatic heterocycles. The molecule has 0 saturated carbocycles. The summed E-state index contributed by atoms with van der Waals surface area (Å²) in [6, 6.07) is 4.47. The molecule has 0 spiro atoms. The van der Waals surface area contributed by atoms with Gasteiger partial charge in [-0.25, -0.2) is 13.1 Å². The number of ether oxygens (including phenoxy) is 3. The van der Waals surface area contributed by atoms with Gasteiger partial charge in [0, 0.05) is 37.1 Å². The van der Waals surface area contributed by atoms with E-state index in [9.17, 15) is 13.2 Å². The smallest absolute Gasteiger partial charge is 0.255 e. The third-order valence-electron chi connectivity index (χ3n) is 4.94. The zero-order chi connectivity index (χ0) is 20.1. The summed E-state index contributed by atoms with van der Waals surface area (Å²) in [6.07, 6.45) is 1.42. The van der Waals surface area contributed by atoms with E-state index in [-0.39, 0.29) is 36.2 Å². The van der Waals surface area contributed by atoms with Crippen LogP contribution in [-0.2, 0) is 24.2 Å². The van der Waals surface area contributed by atoms with Crippen LogP contribution in [-0.4, -0.2) is 72.1 Å². The zero-order valence-electron chi connectivity index (χ0n) is 15.7. The first kappa shape index (κ1) is 21.7. The van der Waals surface area contributed by atoms with Crippen LogP contribution in [0.2, 0.25) is 0 Å². The molecule has 0 aromatic heterocycles. The first-order chi connectivity index (χ1) is 13.4. The van der Waals surface area contributed by atoms with Gasteiger partial charge in [0.1, 0.15) is 0 Å². The summed E-state index contributed by atoms with van der Waals surface area (Å²) in [4.78, 5) is 14.8. The van der Waals surface area contributed by atoms with Gasteiger partial charge in [-0.15, -0.1) is 0 Å². The molecule has 2 aliphatic rings. The summed E-state index contributed by atoms with van der Waals surface area (Å²) < 4.78 is 43.9. The lowest BCUT2D eigenvalue weighted by atomic mass is 9.95. The van der Waals surface area contributed by atoms with E-state index in [0.29, 0.717) is 36.3 Å². The number of methoxy groups -OCH3 is 1. The summed E-state index contributed by atoms with van der Waals surface area (Å²) in [7, 11) is -2.21. The van der Waals surface area contributed by atoms with Crippen LogP contribution in [0.3, 0.4) is 0 Å². The van der Waals surface area contributed by atoms with Gasteiger partial charge in [0.05, 0.1) is 30.3 Å². The Morgan fingerprint density at radius 3 is 2.61 bits per heavy atom. The Balaban J connectivity index is 1.68. The van der Waals surface area contributed by atoms with Gasteiger partial charge in [0.2, 0.25) is 10.0 Å². The summed E-state index contributed by atoms with van der Waals surface area (Å²) in [6.45, 7) is 2.85. The van der Waals surface area contributed by atoms with Crippen LogP contribution in [0.1, 0.15) is 23.2 Å². The minimum atomic E-state index is -3.71. The van der Waals surface area contributed by atoms with Crippen LogP contribution in [0, 0.1) is 5.92 Å². The molecule has 2 heterocycles. The van der Waals surface area contributed by atoms with Gasteiger partial charge < -0.3 is 19.1 Å². The molecule has 8 nitrogen and oxygen atoms in total. The Morgan fingerprint density at radius 1 is 1.29 bits per heavy atom. The summed E-state index contributed by atoms with van der Waals surface area (Å²) in [5.41, 5.74) is 0.335. The number of likely N-dealkylation sites (tertiary alicyclic amines) is 1. The number of carbonyl (C=O) groups excluding carboxylic acids is 1. The van der Waals surface area contributed by atoms with Crippen LogP contribution in [0.15, 0.2) is 27.6 Å². The van der Waals surface area contributed by atoms with Gasteiger partial charge in [-0.1, -0.05) is 0 Å². The number of benzene rings is 1. The molecule has 1 amide bonds. The Hall–Kier alpha value is -1.04. The maximum atomic E-state index is 13.0. The second-order valence-electron chi connectivity index (χ2n) is 6.77. The summed E-state index contributed by atoms with van der Waals surface area (Å²) in [5.74, 6) is 0.0965. The van der Waals surface area contributed by atoms with Crippen molar-refractivity contribution < 1.29 is 27.4 Å². The van der Waals surface area contributed by atoms with Crippen LogP contribution < -0.4 is 4.72 Å². The molecule has 0 radical (unpaired) electrons. The number of amides is 1. The molecule has 156 valence electrons. The SMILES string of the molecule is COCCNS(=O)(=O)c1ccc(Br)c(C(=O)N2CCC(C3OCCO3)CC2)c1. The second-order valence-corrected chi connectivity index (χ2v) is 9.39. The molecule has 1 aromatic rings. The fraction of sp³-hybridized carbons (Fsp3) is 0.611. The van der Waals surface area contributed by atoms with E-state index in [1.165, 1.54) is 19.2 Å². The van der Waals surface area contributed by atoms with E-state index in [0.717, 1.165) is 12.8 Å².